The summed E-state index contributed by atoms with van der Waals surface area (Å²) < 4.78 is 24.5. The molecule has 0 aromatic heterocycles. The van der Waals surface area contributed by atoms with E-state index in [9.17, 15) is 6.87 Å². The summed E-state index contributed by atoms with van der Waals surface area (Å²) in [7, 11) is 0. The zero-order valence-electron chi connectivity index (χ0n) is 4.84. The van der Waals surface area contributed by atoms with Gasteiger partial charge in [0.05, 0.1) is 0 Å². The normalized spacial score (nSPS) is 16.3. The molecule has 0 heterocycles. The first-order valence-corrected chi connectivity index (χ1v) is 5.01. The van der Waals surface area contributed by atoms with E-state index in [0.717, 1.165) is 0 Å². The molecule has 1 aliphatic rings. The van der Waals surface area contributed by atoms with E-state index in [-0.39, 0.29) is 25.6 Å². The van der Waals surface area contributed by atoms with E-state index in [1.807, 2.05) is 0 Å². The molecule has 3 nitrogen and oxygen atoms in total. The number of halogens is 1. The van der Waals surface area contributed by atoms with Gasteiger partial charge in [0.2, 0.25) is 0 Å². The van der Waals surface area contributed by atoms with E-state index < -0.39 is 21.1 Å². The maximum absolute atomic E-state index is 9.99. The Morgan fingerprint density at radius 1 is 1.20 bits per heavy atom. The summed E-state index contributed by atoms with van der Waals surface area (Å²) in [5.74, 6) is 0. The van der Waals surface area contributed by atoms with Crippen LogP contribution in [-0.2, 0) is 22.5 Å². The van der Waals surface area contributed by atoms with Crippen molar-refractivity contribution in [3.05, 3.63) is 24.3 Å². The van der Waals surface area contributed by atoms with Crippen molar-refractivity contribution in [1.82, 2.24) is 0 Å². The van der Waals surface area contributed by atoms with Crippen molar-refractivity contribution in [1.29, 1.82) is 0 Å². The largest absolute Gasteiger partial charge is 0.507 e. The molecule has 5 heteroatoms. The molecule has 0 aromatic carbocycles. The van der Waals surface area contributed by atoms with Crippen LogP contribution in [-0.4, -0.2) is 6.10 Å². The van der Waals surface area contributed by atoms with E-state index in [4.69, 9.17) is 0 Å². The zero-order chi connectivity index (χ0) is 6.69. The molecule has 0 aliphatic heterocycles. The van der Waals surface area contributed by atoms with E-state index >= 15 is 0 Å². The van der Waals surface area contributed by atoms with Gasteiger partial charge in [0.1, 0.15) is 0 Å². The van der Waals surface area contributed by atoms with Crippen LogP contribution in [0.25, 0.3) is 0 Å². The van der Waals surface area contributed by atoms with Crippen molar-refractivity contribution in [3.8, 4) is 0 Å². The Bertz CT molecular complexity index is 134. The second kappa shape index (κ2) is 5.38. The summed E-state index contributed by atoms with van der Waals surface area (Å²) >= 11 is -3.47. The van der Waals surface area contributed by atoms with Gasteiger partial charge in [-0.15, -0.1) is 0 Å². The van der Waals surface area contributed by atoms with Crippen LogP contribution >= 0.6 is 0 Å². The molecular weight excluding hydrogens is 336 g/mol. The number of allylic oxidation sites excluding steroid dienone is 2. The van der Waals surface area contributed by atoms with Gasteiger partial charge in [-0.05, 0) is 15.2 Å². The van der Waals surface area contributed by atoms with Crippen molar-refractivity contribution >= 4 is 0 Å². The minimum absolute atomic E-state index is 0. The molecule has 0 radical (unpaired) electrons. The summed E-state index contributed by atoms with van der Waals surface area (Å²) in [6, 6.07) is 0. The fraction of sp³-hybridized carbons (Fsp3) is 0.200. The Balaban J connectivity index is 0.000000810. The molecule has 0 amide bonds. The Morgan fingerprint density at radius 2 is 1.70 bits per heavy atom. The first kappa shape index (κ1) is 10.7. The fourth-order valence-corrected chi connectivity index (χ4v) is 1.37. The third-order valence-corrected chi connectivity index (χ3v) is 1.89. The third-order valence-electron chi connectivity index (χ3n) is 0.888. The van der Waals surface area contributed by atoms with E-state index in [1.54, 1.807) is 24.3 Å². The molecule has 10 heavy (non-hydrogen) atoms. The van der Waals surface area contributed by atoms with E-state index in [2.05, 4.69) is 3.07 Å². The first-order chi connectivity index (χ1) is 4.29. The number of hydrogen-bond acceptors (Lipinski definition) is 3. The van der Waals surface area contributed by atoms with Gasteiger partial charge in [-0.2, -0.15) is 0 Å². The Morgan fingerprint density at radius 3 is 2.10 bits per heavy atom. The van der Waals surface area contributed by atoms with Crippen LogP contribution in [0.4, 0.5) is 0 Å². The maximum Gasteiger partial charge on any atom is 0.507 e. The summed E-state index contributed by atoms with van der Waals surface area (Å²) in [5.41, 5.74) is 0. The van der Waals surface area contributed by atoms with Gasteiger partial charge in [0.15, 0.2) is 6.10 Å². The van der Waals surface area contributed by atoms with Crippen molar-refractivity contribution < 1.29 is 50.5 Å². The molecular formula is C5H5IO3Ru. The second-order valence-corrected chi connectivity index (χ2v) is 3.10. The molecule has 0 saturated heterocycles. The summed E-state index contributed by atoms with van der Waals surface area (Å²) in [5, 5.41) is 0. The average Bonchev–Trinajstić information content (AvgIpc) is 2.15. The smallest absolute Gasteiger partial charge is 0.396 e. The molecule has 0 N–H and O–H groups in total. The van der Waals surface area contributed by atoms with E-state index in [1.165, 1.54) is 0 Å². The van der Waals surface area contributed by atoms with Crippen LogP contribution in [0.1, 0.15) is 0 Å². The Kier molecular flexibility index (Phi) is 5.76. The van der Waals surface area contributed by atoms with Crippen molar-refractivity contribution in [2.24, 2.45) is 0 Å². The predicted molar refractivity (Wildman–Crippen MR) is 23.2 cm³/mol. The molecule has 58 valence electrons. The average molecular weight is 341 g/mol. The second-order valence-electron chi connectivity index (χ2n) is 1.51. The molecule has 1 aliphatic carbocycles. The van der Waals surface area contributed by atoms with Gasteiger partial charge in [-0.25, -0.2) is 0 Å². The molecule has 0 bridgehead atoms. The minimum Gasteiger partial charge on any atom is -0.396 e. The topological polar surface area (TPSA) is 55.3 Å². The third kappa shape index (κ3) is 3.78. The van der Waals surface area contributed by atoms with E-state index in [0.29, 0.717) is 0 Å². The molecule has 1 rings (SSSR count). The molecule has 0 saturated carbocycles. The van der Waals surface area contributed by atoms with Crippen LogP contribution in [0.5, 0.6) is 0 Å². The minimum atomic E-state index is -3.47. The van der Waals surface area contributed by atoms with Gasteiger partial charge in [0.25, 0.3) is 0 Å². The van der Waals surface area contributed by atoms with Crippen LogP contribution in [0, 0.1) is 0 Å². The summed E-state index contributed by atoms with van der Waals surface area (Å²) in [6.07, 6.45) is 6.54. The monoisotopic (exact) mass is 342 g/mol. The van der Waals surface area contributed by atoms with Crippen molar-refractivity contribution in [2.75, 3.05) is 0 Å². The summed E-state index contributed by atoms with van der Waals surface area (Å²) in [6.45, 7) is 0. The van der Waals surface area contributed by atoms with Crippen LogP contribution in [0.15, 0.2) is 24.3 Å². The van der Waals surface area contributed by atoms with Crippen molar-refractivity contribution in [3.63, 3.8) is 0 Å². The molecule has 0 fully saturated rings. The molecule has 0 atom stereocenters. The molecule has 0 spiro atoms. The maximum atomic E-state index is 9.99. The summed E-state index contributed by atoms with van der Waals surface area (Å²) in [4.78, 5) is 0. The van der Waals surface area contributed by atoms with Gasteiger partial charge < -0.3 is 6.87 Å². The van der Waals surface area contributed by atoms with Gasteiger partial charge in [-0.1, -0.05) is 12.2 Å². The fourth-order valence-electron chi connectivity index (χ4n) is 0.555. The quantitative estimate of drug-likeness (QED) is 0.377. The number of hydrogen-bond donors (Lipinski definition) is 0. The molecule has 0 aromatic rings. The van der Waals surface area contributed by atoms with Crippen LogP contribution in [0.3, 0.4) is 0 Å². The van der Waals surface area contributed by atoms with Gasteiger partial charge >= 0.3 is 21.1 Å². The standard InChI is InChI=1S/C5H5IO3.Ru/c7-6(8)9-5-3-1-2-4-5;/h1-5H;. The first-order valence-electron chi connectivity index (χ1n) is 2.37. The zero-order valence-corrected chi connectivity index (χ0v) is 8.74. The van der Waals surface area contributed by atoms with Crippen LogP contribution < -0.4 is 27.9 Å². The Hall–Kier alpha value is 0.713. The van der Waals surface area contributed by atoms with Gasteiger partial charge in [-0.3, -0.25) is 0 Å². The van der Waals surface area contributed by atoms with Crippen LogP contribution in [0.2, 0.25) is 0 Å². The Labute approximate surface area is 80.6 Å². The molecule has 0 unspecified atom stereocenters. The predicted octanol–water partition coefficient (Wildman–Crippen LogP) is -4.41. The van der Waals surface area contributed by atoms with Crippen molar-refractivity contribution in [2.45, 2.75) is 6.10 Å². The number of rotatable bonds is 2. The SMILES string of the molecule is [O-][I+2]([O-])OC1C=CC=C1.[Ru]. The van der Waals surface area contributed by atoms with Gasteiger partial charge in [0, 0.05) is 19.5 Å².